The zero-order valence-electron chi connectivity index (χ0n) is 6.39. The van der Waals surface area contributed by atoms with Crippen molar-refractivity contribution in [3.8, 4) is 0 Å². The third kappa shape index (κ3) is 0.858. The minimum atomic E-state index is -0.534. The van der Waals surface area contributed by atoms with E-state index in [9.17, 15) is 4.39 Å². The smallest absolute Gasteiger partial charge is 0.114 e. The summed E-state index contributed by atoms with van der Waals surface area (Å²) in [6, 6.07) is 1.23. The minimum absolute atomic E-state index is 0.534. The van der Waals surface area contributed by atoms with E-state index in [-0.39, 0.29) is 0 Å². The molecule has 58 valence electrons. The molecule has 0 bridgehead atoms. The maximum atomic E-state index is 12.8. The summed E-state index contributed by atoms with van der Waals surface area (Å²) < 4.78 is 12.8. The molecule has 3 atom stereocenters. The maximum absolute atomic E-state index is 12.8. The summed E-state index contributed by atoms with van der Waals surface area (Å²) in [6.07, 6.45) is 2.76. The largest absolute Gasteiger partial charge is 0.295 e. The van der Waals surface area contributed by atoms with Gasteiger partial charge >= 0.3 is 0 Å². The predicted octanol–water partition coefficient (Wildman–Crippen LogP) is 1.58. The van der Waals surface area contributed by atoms with E-state index < -0.39 is 6.17 Å². The summed E-state index contributed by atoms with van der Waals surface area (Å²) in [6.45, 7) is 2.91. The van der Waals surface area contributed by atoms with E-state index in [1.165, 1.54) is 12.8 Å². The SMILES string of the molecule is CC1CCC2CC(F)CN12. The number of alkyl halides is 1. The molecular formula is C8H14FN. The van der Waals surface area contributed by atoms with Gasteiger partial charge in [0.2, 0.25) is 0 Å². The van der Waals surface area contributed by atoms with E-state index >= 15 is 0 Å². The zero-order valence-corrected chi connectivity index (χ0v) is 6.39. The molecule has 2 aliphatic rings. The number of fused-ring (bicyclic) bond motifs is 1. The Labute approximate surface area is 61.2 Å². The minimum Gasteiger partial charge on any atom is -0.295 e. The highest BCUT2D eigenvalue weighted by atomic mass is 19.1. The topological polar surface area (TPSA) is 3.24 Å². The van der Waals surface area contributed by atoms with Crippen LogP contribution in [0.15, 0.2) is 0 Å². The third-order valence-corrected chi connectivity index (χ3v) is 2.89. The molecule has 0 amide bonds. The van der Waals surface area contributed by atoms with Crippen molar-refractivity contribution in [3.63, 3.8) is 0 Å². The van der Waals surface area contributed by atoms with Crippen molar-refractivity contribution in [1.82, 2.24) is 4.90 Å². The highest BCUT2D eigenvalue weighted by Crippen LogP contribution is 2.33. The van der Waals surface area contributed by atoms with Gasteiger partial charge in [0.1, 0.15) is 6.17 Å². The molecule has 2 saturated heterocycles. The fraction of sp³-hybridized carbons (Fsp3) is 1.00. The molecule has 0 aliphatic carbocycles. The Morgan fingerprint density at radius 3 is 2.90 bits per heavy atom. The molecule has 1 nitrogen and oxygen atoms in total. The van der Waals surface area contributed by atoms with Crippen LogP contribution in [-0.2, 0) is 0 Å². The van der Waals surface area contributed by atoms with Gasteiger partial charge < -0.3 is 0 Å². The molecule has 0 aromatic heterocycles. The first kappa shape index (κ1) is 6.59. The molecular weight excluding hydrogens is 129 g/mol. The van der Waals surface area contributed by atoms with Crippen LogP contribution in [0, 0.1) is 0 Å². The Kier molecular flexibility index (Phi) is 1.44. The van der Waals surface area contributed by atoms with Gasteiger partial charge in [-0.2, -0.15) is 0 Å². The third-order valence-electron chi connectivity index (χ3n) is 2.89. The van der Waals surface area contributed by atoms with E-state index in [1.807, 2.05) is 0 Å². The van der Waals surface area contributed by atoms with Gasteiger partial charge in [-0.15, -0.1) is 0 Å². The van der Waals surface area contributed by atoms with Crippen molar-refractivity contribution in [1.29, 1.82) is 0 Å². The Bertz CT molecular complexity index is 137. The van der Waals surface area contributed by atoms with Crippen LogP contribution in [0.3, 0.4) is 0 Å². The molecule has 3 unspecified atom stereocenters. The number of hydrogen-bond acceptors (Lipinski definition) is 1. The second-order valence-electron chi connectivity index (χ2n) is 3.61. The fourth-order valence-corrected chi connectivity index (χ4v) is 2.31. The monoisotopic (exact) mass is 143 g/mol. The highest BCUT2D eigenvalue weighted by molar-refractivity contribution is 4.93. The molecule has 2 heterocycles. The average Bonchev–Trinajstić information content (AvgIpc) is 2.35. The number of nitrogens with zero attached hydrogens (tertiary/aromatic N) is 1. The molecule has 2 fully saturated rings. The van der Waals surface area contributed by atoms with E-state index in [4.69, 9.17) is 0 Å². The maximum Gasteiger partial charge on any atom is 0.114 e. The predicted molar refractivity (Wildman–Crippen MR) is 38.7 cm³/mol. The van der Waals surface area contributed by atoms with E-state index in [0.29, 0.717) is 18.6 Å². The van der Waals surface area contributed by atoms with Crippen LogP contribution in [0.1, 0.15) is 26.2 Å². The summed E-state index contributed by atoms with van der Waals surface area (Å²) in [7, 11) is 0. The van der Waals surface area contributed by atoms with Gasteiger partial charge in [0.15, 0.2) is 0 Å². The summed E-state index contributed by atoms with van der Waals surface area (Å²) in [5, 5.41) is 0. The Morgan fingerprint density at radius 2 is 2.20 bits per heavy atom. The normalized spacial score (nSPS) is 48.0. The van der Waals surface area contributed by atoms with Crippen molar-refractivity contribution in [2.24, 2.45) is 0 Å². The van der Waals surface area contributed by atoms with Crippen LogP contribution < -0.4 is 0 Å². The number of halogens is 1. The first-order valence-electron chi connectivity index (χ1n) is 4.17. The average molecular weight is 143 g/mol. The second-order valence-corrected chi connectivity index (χ2v) is 3.61. The van der Waals surface area contributed by atoms with Crippen LogP contribution in [0.4, 0.5) is 4.39 Å². The van der Waals surface area contributed by atoms with Gasteiger partial charge in [-0.3, -0.25) is 4.90 Å². The Morgan fingerprint density at radius 1 is 1.40 bits per heavy atom. The van der Waals surface area contributed by atoms with Crippen molar-refractivity contribution >= 4 is 0 Å². The summed E-state index contributed by atoms with van der Waals surface area (Å²) >= 11 is 0. The molecule has 2 rings (SSSR count). The van der Waals surface area contributed by atoms with Crippen molar-refractivity contribution < 1.29 is 4.39 Å². The second kappa shape index (κ2) is 2.19. The zero-order chi connectivity index (χ0) is 7.14. The summed E-state index contributed by atoms with van der Waals surface area (Å²) in [5.74, 6) is 0. The van der Waals surface area contributed by atoms with Crippen molar-refractivity contribution in [2.75, 3.05) is 6.54 Å². The van der Waals surface area contributed by atoms with E-state index in [0.717, 1.165) is 6.42 Å². The molecule has 2 aliphatic heterocycles. The van der Waals surface area contributed by atoms with Gasteiger partial charge in [0.05, 0.1) is 0 Å². The van der Waals surface area contributed by atoms with Gasteiger partial charge in [-0.1, -0.05) is 0 Å². The standard InChI is InChI=1S/C8H14FN/c1-6-2-3-8-4-7(9)5-10(6)8/h6-8H,2-5H2,1H3. The van der Waals surface area contributed by atoms with Crippen LogP contribution in [0.5, 0.6) is 0 Å². The number of hydrogen-bond donors (Lipinski definition) is 0. The van der Waals surface area contributed by atoms with Crippen LogP contribution in [-0.4, -0.2) is 29.7 Å². The molecule has 2 heteroatoms. The molecule has 0 radical (unpaired) electrons. The lowest BCUT2D eigenvalue weighted by Crippen LogP contribution is -2.29. The molecule has 0 aromatic carbocycles. The first-order chi connectivity index (χ1) is 4.77. The van der Waals surface area contributed by atoms with Crippen LogP contribution in [0.2, 0.25) is 0 Å². The molecule has 0 aromatic rings. The lowest BCUT2D eigenvalue weighted by molar-refractivity contribution is 0.239. The van der Waals surface area contributed by atoms with E-state index in [1.54, 1.807) is 0 Å². The van der Waals surface area contributed by atoms with Crippen molar-refractivity contribution in [2.45, 2.75) is 44.4 Å². The fourth-order valence-electron chi connectivity index (χ4n) is 2.31. The van der Waals surface area contributed by atoms with Gasteiger partial charge in [-0.05, 0) is 26.2 Å². The molecule has 0 N–H and O–H groups in total. The first-order valence-corrected chi connectivity index (χ1v) is 4.17. The van der Waals surface area contributed by atoms with Crippen LogP contribution in [0.25, 0.3) is 0 Å². The van der Waals surface area contributed by atoms with Crippen molar-refractivity contribution in [3.05, 3.63) is 0 Å². The molecule has 10 heavy (non-hydrogen) atoms. The van der Waals surface area contributed by atoms with Gasteiger partial charge in [0.25, 0.3) is 0 Å². The highest BCUT2D eigenvalue weighted by Gasteiger charge is 2.38. The lowest BCUT2D eigenvalue weighted by atomic mass is 10.1. The quantitative estimate of drug-likeness (QED) is 0.497. The Balaban J connectivity index is 2.05. The molecule has 0 saturated carbocycles. The lowest BCUT2D eigenvalue weighted by Gasteiger charge is -2.18. The summed E-state index contributed by atoms with van der Waals surface area (Å²) in [4.78, 5) is 2.32. The van der Waals surface area contributed by atoms with Gasteiger partial charge in [0, 0.05) is 18.6 Å². The Hall–Kier alpha value is -0.110. The van der Waals surface area contributed by atoms with Gasteiger partial charge in [-0.25, -0.2) is 4.39 Å². The van der Waals surface area contributed by atoms with Crippen LogP contribution >= 0.6 is 0 Å². The number of rotatable bonds is 0. The summed E-state index contributed by atoms with van der Waals surface area (Å²) in [5.41, 5.74) is 0. The molecule has 0 spiro atoms. The van der Waals surface area contributed by atoms with E-state index in [2.05, 4.69) is 11.8 Å².